The minimum absolute atomic E-state index is 0.0440. The first-order valence-corrected chi connectivity index (χ1v) is 7.90. The lowest BCUT2D eigenvalue weighted by Gasteiger charge is -2.12. The van der Waals surface area contributed by atoms with Crippen LogP contribution in [0.1, 0.15) is 23.2 Å². The van der Waals surface area contributed by atoms with Gasteiger partial charge in [-0.3, -0.25) is 4.79 Å². The van der Waals surface area contributed by atoms with Crippen molar-refractivity contribution in [3.8, 4) is 0 Å². The lowest BCUT2D eigenvalue weighted by molar-refractivity contribution is 0.0934. The SMILES string of the molecule is COCCNC(=O)c1ccccc1SCC1CCCO1. The Kier molecular flexibility index (Phi) is 6.36. The van der Waals surface area contributed by atoms with Gasteiger partial charge in [-0.05, 0) is 25.0 Å². The molecule has 1 fully saturated rings. The normalized spacial score (nSPS) is 18.1. The summed E-state index contributed by atoms with van der Waals surface area (Å²) in [7, 11) is 1.62. The molecule has 4 nitrogen and oxygen atoms in total. The predicted molar refractivity (Wildman–Crippen MR) is 80.3 cm³/mol. The smallest absolute Gasteiger partial charge is 0.252 e. The maximum Gasteiger partial charge on any atom is 0.252 e. The van der Waals surface area contributed by atoms with Crippen molar-refractivity contribution in [2.45, 2.75) is 23.8 Å². The van der Waals surface area contributed by atoms with Gasteiger partial charge in [-0.2, -0.15) is 0 Å². The number of carbonyl (C=O) groups excluding carboxylic acids is 1. The molecule has 1 aromatic carbocycles. The maximum atomic E-state index is 12.1. The Morgan fingerprint density at radius 3 is 3.10 bits per heavy atom. The van der Waals surface area contributed by atoms with Crippen LogP contribution in [0.3, 0.4) is 0 Å². The van der Waals surface area contributed by atoms with E-state index in [0.29, 0.717) is 19.3 Å². The Bertz CT molecular complexity index is 433. The quantitative estimate of drug-likeness (QED) is 0.619. The number of ether oxygens (including phenoxy) is 2. The van der Waals surface area contributed by atoms with Gasteiger partial charge in [0.05, 0.1) is 18.3 Å². The molecule has 0 spiro atoms. The van der Waals surface area contributed by atoms with Crippen LogP contribution in [-0.4, -0.2) is 44.6 Å². The number of methoxy groups -OCH3 is 1. The van der Waals surface area contributed by atoms with Gasteiger partial charge < -0.3 is 14.8 Å². The summed E-state index contributed by atoms with van der Waals surface area (Å²) < 4.78 is 10.6. The van der Waals surface area contributed by atoms with Gasteiger partial charge >= 0.3 is 0 Å². The molecule has 1 amide bonds. The lowest BCUT2D eigenvalue weighted by atomic mass is 10.2. The fraction of sp³-hybridized carbons (Fsp3) is 0.533. The van der Waals surface area contributed by atoms with Crippen LogP contribution in [0.25, 0.3) is 0 Å². The van der Waals surface area contributed by atoms with Gasteiger partial charge in [0, 0.05) is 30.9 Å². The number of thioether (sulfide) groups is 1. The highest BCUT2D eigenvalue weighted by Crippen LogP contribution is 2.26. The van der Waals surface area contributed by atoms with E-state index in [2.05, 4.69) is 5.32 Å². The van der Waals surface area contributed by atoms with Crippen molar-refractivity contribution in [2.24, 2.45) is 0 Å². The van der Waals surface area contributed by atoms with Crippen molar-refractivity contribution in [3.05, 3.63) is 29.8 Å². The van der Waals surface area contributed by atoms with E-state index in [4.69, 9.17) is 9.47 Å². The first-order chi connectivity index (χ1) is 9.81. The third-order valence-corrected chi connectivity index (χ3v) is 4.38. The van der Waals surface area contributed by atoms with Crippen molar-refractivity contribution < 1.29 is 14.3 Å². The van der Waals surface area contributed by atoms with Gasteiger partial charge in [-0.1, -0.05) is 12.1 Å². The molecule has 110 valence electrons. The van der Waals surface area contributed by atoms with Crippen LogP contribution in [0, 0.1) is 0 Å². The van der Waals surface area contributed by atoms with Crippen LogP contribution < -0.4 is 5.32 Å². The van der Waals surface area contributed by atoms with E-state index >= 15 is 0 Å². The Labute approximate surface area is 124 Å². The molecule has 1 saturated heterocycles. The number of hydrogen-bond donors (Lipinski definition) is 1. The van der Waals surface area contributed by atoms with Crippen LogP contribution in [0.2, 0.25) is 0 Å². The molecule has 0 aromatic heterocycles. The molecule has 1 aliphatic heterocycles. The molecule has 1 aliphatic rings. The van der Waals surface area contributed by atoms with Crippen molar-refractivity contribution >= 4 is 17.7 Å². The second kappa shape index (κ2) is 8.29. The van der Waals surface area contributed by atoms with Crippen LogP contribution in [0.4, 0.5) is 0 Å². The molecule has 0 bridgehead atoms. The molecule has 0 aliphatic carbocycles. The van der Waals surface area contributed by atoms with Gasteiger partial charge in [0.1, 0.15) is 0 Å². The largest absolute Gasteiger partial charge is 0.383 e. The van der Waals surface area contributed by atoms with E-state index in [1.54, 1.807) is 18.9 Å². The highest BCUT2D eigenvalue weighted by molar-refractivity contribution is 7.99. The second-order valence-electron chi connectivity index (χ2n) is 4.69. The third-order valence-electron chi connectivity index (χ3n) is 3.17. The summed E-state index contributed by atoms with van der Waals surface area (Å²) in [6.07, 6.45) is 2.59. The molecule has 1 atom stereocenters. The molecule has 0 saturated carbocycles. The third kappa shape index (κ3) is 4.51. The fourth-order valence-corrected chi connectivity index (χ4v) is 3.22. The van der Waals surface area contributed by atoms with Gasteiger partial charge in [0.2, 0.25) is 0 Å². The summed E-state index contributed by atoms with van der Waals surface area (Å²) >= 11 is 1.69. The molecule has 0 radical (unpaired) electrons. The van der Waals surface area contributed by atoms with Crippen molar-refractivity contribution in [1.29, 1.82) is 0 Å². The van der Waals surface area contributed by atoms with Crippen LogP contribution >= 0.6 is 11.8 Å². The fourth-order valence-electron chi connectivity index (χ4n) is 2.10. The van der Waals surface area contributed by atoms with E-state index in [-0.39, 0.29) is 5.91 Å². The average Bonchev–Trinajstić information content (AvgIpc) is 2.99. The number of nitrogens with one attached hydrogen (secondary N) is 1. The average molecular weight is 295 g/mol. The number of benzene rings is 1. The Hall–Kier alpha value is -1.04. The summed E-state index contributed by atoms with van der Waals surface area (Å²) in [6, 6.07) is 7.70. The first-order valence-electron chi connectivity index (χ1n) is 6.92. The van der Waals surface area contributed by atoms with E-state index in [1.807, 2.05) is 24.3 Å². The first kappa shape index (κ1) is 15.4. The summed E-state index contributed by atoms with van der Waals surface area (Å²) in [5, 5.41) is 2.86. The second-order valence-corrected chi connectivity index (χ2v) is 5.75. The number of carbonyl (C=O) groups is 1. The van der Waals surface area contributed by atoms with Gasteiger partial charge in [-0.15, -0.1) is 11.8 Å². The zero-order valence-electron chi connectivity index (χ0n) is 11.8. The maximum absolute atomic E-state index is 12.1. The van der Waals surface area contributed by atoms with Gasteiger partial charge in [-0.25, -0.2) is 0 Å². The highest BCUT2D eigenvalue weighted by atomic mass is 32.2. The number of rotatable bonds is 7. The molecular formula is C15H21NO3S. The Balaban J connectivity index is 1.92. The zero-order chi connectivity index (χ0) is 14.2. The molecule has 2 rings (SSSR count). The molecule has 1 N–H and O–H groups in total. The summed E-state index contributed by atoms with van der Waals surface area (Å²) in [4.78, 5) is 13.1. The van der Waals surface area contributed by atoms with Gasteiger partial charge in [0.25, 0.3) is 5.91 Å². The van der Waals surface area contributed by atoms with Crippen LogP contribution in [0.5, 0.6) is 0 Å². The van der Waals surface area contributed by atoms with Crippen molar-refractivity contribution in [3.63, 3.8) is 0 Å². The minimum Gasteiger partial charge on any atom is -0.383 e. The van der Waals surface area contributed by atoms with Crippen molar-refractivity contribution in [1.82, 2.24) is 5.32 Å². The highest BCUT2D eigenvalue weighted by Gasteiger charge is 2.17. The Morgan fingerprint density at radius 1 is 1.50 bits per heavy atom. The predicted octanol–water partition coefficient (Wildman–Crippen LogP) is 2.33. The molecule has 1 unspecified atom stereocenters. The van der Waals surface area contributed by atoms with E-state index in [9.17, 15) is 4.79 Å². The standard InChI is InChI=1S/C15H21NO3S/c1-18-10-8-16-15(17)13-6-2-3-7-14(13)20-11-12-5-4-9-19-12/h2-3,6-7,12H,4-5,8-11H2,1H3,(H,16,17). The molecule has 5 heteroatoms. The summed E-state index contributed by atoms with van der Waals surface area (Å²) in [5.41, 5.74) is 0.728. The van der Waals surface area contributed by atoms with Crippen molar-refractivity contribution in [2.75, 3.05) is 32.6 Å². The Morgan fingerprint density at radius 2 is 2.35 bits per heavy atom. The van der Waals surface area contributed by atoms with E-state index in [1.165, 1.54) is 0 Å². The molecule has 20 heavy (non-hydrogen) atoms. The van der Waals surface area contributed by atoms with Crippen LogP contribution in [0.15, 0.2) is 29.2 Å². The minimum atomic E-state index is -0.0440. The molecule has 1 heterocycles. The number of hydrogen-bond acceptors (Lipinski definition) is 4. The van der Waals surface area contributed by atoms with Crippen LogP contribution in [-0.2, 0) is 9.47 Å². The van der Waals surface area contributed by atoms with E-state index in [0.717, 1.165) is 35.7 Å². The molecular weight excluding hydrogens is 274 g/mol. The zero-order valence-corrected chi connectivity index (χ0v) is 12.6. The van der Waals surface area contributed by atoms with E-state index < -0.39 is 0 Å². The lowest BCUT2D eigenvalue weighted by Crippen LogP contribution is -2.27. The van der Waals surface area contributed by atoms with Gasteiger partial charge in [0.15, 0.2) is 0 Å². The molecule has 1 aromatic rings. The monoisotopic (exact) mass is 295 g/mol. The summed E-state index contributed by atoms with van der Waals surface area (Å²) in [6.45, 7) is 1.92. The number of amides is 1. The summed E-state index contributed by atoms with van der Waals surface area (Å²) in [5.74, 6) is 0.861. The topological polar surface area (TPSA) is 47.6 Å².